The molecule has 0 radical (unpaired) electrons. The number of benzene rings is 2. The van der Waals surface area contributed by atoms with Crippen molar-refractivity contribution >= 4 is 0 Å². The minimum absolute atomic E-state index is 0.462. The van der Waals surface area contributed by atoms with Crippen LogP contribution in [0.3, 0.4) is 0 Å². The van der Waals surface area contributed by atoms with E-state index in [2.05, 4.69) is 53.6 Å². The number of hydrogen-bond donors (Lipinski definition) is 1. The first-order chi connectivity index (χ1) is 12.5. The Hall–Kier alpha value is -2.46. The molecule has 1 heterocycles. The molecule has 1 fully saturated rings. The molecule has 4 rings (SSSR count). The van der Waals surface area contributed by atoms with Gasteiger partial charge in [0.15, 0.2) is 5.82 Å². The zero-order valence-corrected chi connectivity index (χ0v) is 15.4. The summed E-state index contributed by atoms with van der Waals surface area (Å²) < 4.78 is 1.89. The molecular formula is C22H25N3O. The minimum Gasteiger partial charge on any atom is -0.389 e. The van der Waals surface area contributed by atoms with E-state index in [9.17, 15) is 5.11 Å². The first-order valence-electron chi connectivity index (χ1n) is 9.28. The molecule has 0 saturated heterocycles. The molecule has 1 saturated carbocycles. The highest BCUT2D eigenvalue weighted by molar-refractivity contribution is 5.63. The van der Waals surface area contributed by atoms with Crippen molar-refractivity contribution in [1.29, 1.82) is 0 Å². The molecule has 0 amide bonds. The van der Waals surface area contributed by atoms with E-state index in [0.717, 1.165) is 18.1 Å². The predicted octanol–water partition coefficient (Wildman–Crippen LogP) is 4.18. The van der Waals surface area contributed by atoms with E-state index in [1.807, 2.05) is 24.6 Å². The highest BCUT2D eigenvalue weighted by atomic mass is 16.3. The molecule has 0 aliphatic heterocycles. The molecule has 1 aliphatic rings. The van der Waals surface area contributed by atoms with Gasteiger partial charge in [0, 0.05) is 12.3 Å². The monoisotopic (exact) mass is 347 g/mol. The Bertz CT molecular complexity index is 872. The van der Waals surface area contributed by atoms with Crippen molar-refractivity contribution in [2.75, 3.05) is 0 Å². The Balaban J connectivity index is 1.56. The Labute approximate surface area is 154 Å². The van der Waals surface area contributed by atoms with Crippen LogP contribution >= 0.6 is 0 Å². The molecule has 0 unspecified atom stereocenters. The normalized spacial score (nSPS) is 14.6. The van der Waals surface area contributed by atoms with Gasteiger partial charge in [-0.25, -0.2) is 9.67 Å². The van der Waals surface area contributed by atoms with E-state index in [-0.39, 0.29) is 0 Å². The molecule has 1 aromatic heterocycles. The fourth-order valence-corrected chi connectivity index (χ4v) is 3.16. The van der Waals surface area contributed by atoms with Gasteiger partial charge in [-0.05, 0) is 43.4 Å². The molecule has 2 aromatic carbocycles. The van der Waals surface area contributed by atoms with E-state index in [1.54, 1.807) is 0 Å². The standard InChI is InChI=1S/C22H25N3O/c1-22(2,26)15-25-20(23-21(24-25)19-12-13-19)14-16-8-10-18(11-9-16)17-6-4-3-5-7-17/h3-11,19,26H,12-15H2,1-2H3. The lowest BCUT2D eigenvalue weighted by molar-refractivity contribution is 0.0566. The molecule has 26 heavy (non-hydrogen) atoms. The number of hydrogen-bond acceptors (Lipinski definition) is 3. The average Bonchev–Trinajstić information content (AvgIpc) is 3.39. The van der Waals surface area contributed by atoms with Gasteiger partial charge in [-0.15, -0.1) is 0 Å². The summed E-state index contributed by atoms with van der Waals surface area (Å²) >= 11 is 0. The van der Waals surface area contributed by atoms with E-state index < -0.39 is 5.60 Å². The van der Waals surface area contributed by atoms with E-state index in [0.29, 0.717) is 12.5 Å². The topological polar surface area (TPSA) is 50.9 Å². The van der Waals surface area contributed by atoms with Crippen LogP contribution < -0.4 is 0 Å². The summed E-state index contributed by atoms with van der Waals surface area (Å²) in [6, 6.07) is 19.0. The van der Waals surface area contributed by atoms with Crippen molar-refractivity contribution in [3.8, 4) is 11.1 Å². The summed E-state index contributed by atoms with van der Waals surface area (Å²) in [7, 11) is 0. The minimum atomic E-state index is -0.805. The van der Waals surface area contributed by atoms with Crippen molar-refractivity contribution < 1.29 is 5.11 Å². The van der Waals surface area contributed by atoms with Gasteiger partial charge < -0.3 is 5.11 Å². The maximum Gasteiger partial charge on any atom is 0.154 e. The lowest BCUT2D eigenvalue weighted by atomic mass is 10.0. The third kappa shape index (κ3) is 4.02. The Kier molecular flexibility index (Phi) is 4.37. The quantitative estimate of drug-likeness (QED) is 0.727. The van der Waals surface area contributed by atoms with Gasteiger partial charge in [0.05, 0.1) is 12.1 Å². The van der Waals surface area contributed by atoms with Gasteiger partial charge in [0.25, 0.3) is 0 Å². The van der Waals surface area contributed by atoms with Gasteiger partial charge in [0.2, 0.25) is 0 Å². The fourth-order valence-electron chi connectivity index (χ4n) is 3.16. The molecule has 1 aliphatic carbocycles. The predicted molar refractivity (Wildman–Crippen MR) is 103 cm³/mol. The second-order valence-corrected chi connectivity index (χ2v) is 7.87. The number of aromatic nitrogens is 3. The highest BCUT2D eigenvalue weighted by Crippen LogP contribution is 2.38. The first-order valence-corrected chi connectivity index (χ1v) is 9.28. The van der Waals surface area contributed by atoms with E-state index in [1.165, 1.54) is 29.5 Å². The van der Waals surface area contributed by atoms with Gasteiger partial charge in [-0.2, -0.15) is 5.10 Å². The Morgan fingerprint density at radius 2 is 1.65 bits per heavy atom. The van der Waals surface area contributed by atoms with Gasteiger partial charge in [0.1, 0.15) is 5.82 Å². The van der Waals surface area contributed by atoms with Crippen LogP contribution in [0.25, 0.3) is 11.1 Å². The summed E-state index contributed by atoms with van der Waals surface area (Å²) in [5.74, 6) is 2.38. The average molecular weight is 347 g/mol. The number of aliphatic hydroxyl groups is 1. The second-order valence-electron chi connectivity index (χ2n) is 7.87. The summed E-state index contributed by atoms with van der Waals surface area (Å²) in [6.07, 6.45) is 3.08. The van der Waals surface area contributed by atoms with Crippen molar-refractivity contribution in [1.82, 2.24) is 14.8 Å². The van der Waals surface area contributed by atoms with E-state index in [4.69, 9.17) is 4.98 Å². The molecule has 0 spiro atoms. The maximum atomic E-state index is 10.2. The Morgan fingerprint density at radius 3 is 2.27 bits per heavy atom. The van der Waals surface area contributed by atoms with Crippen molar-refractivity contribution in [2.45, 2.75) is 51.2 Å². The van der Waals surface area contributed by atoms with Gasteiger partial charge in [-0.1, -0.05) is 54.6 Å². The zero-order valence-electron chi connectivity index (χ0n) is 15.4. The van der Waals surface area contributed by atoms with Crippen LogP contribution in [0.1, 0.15) is 49.8 Å². The number of rotatable bonds is 6. The van der Waals surface area contributed by atoms with Crippen LogP contribution in [0.5, 0.6) is 0 Å². The number of nitrogens with zero attached hydrogens (tertiary/aromatic N) is 3. The summed E-state index contributed by atoms with van der Waals surface area (Å²) in [5.41, 5.74) is 2.84. The third-order valence-corrected chi connectivity index (χ3v) is 4.67. The summed E-state index contributed by atoms with van der Waals surface area (Å²) in [5, 5.41) is 14.9. The molecular weight excluding hydrogens is 322 g/mol. The molecule has 3 aromatic rings. The zero-order chi connectivity index (χ0) is 18.1. The van der Waals surface area contributed by atoms with Crippen LogP contribution in [-0.4, -0.2) is 25.5 Å². The van der Waals surface area contributed by atoms with Gasteiger partial charge >= 0.3 is 0 Å². The first kappa shape index (κ1) is 17.0. The maximum absolute atomic E-state index is 10.2. The Morgan fingerprint density at radius 1 is 1.00 bits per heavy atom. The lowest BCUT2D eigenvalue weighted by Gasteiger charge is -2.18. The van der Waals surface area contributed by atoms with E-state index >= 15 is 0 Å². The lowest BCUT2D eigenvalue weighted by Crippen LogP contribution is -2.28. The van der Waals surface area contributed by atoms with Crippen LogP contribution in [0.4, 0.5) is 0 Å². The van der Waals surface area contributed by atoms with Crippen LogP contribution in [0, 0.1) is 0 Å². The summed E-state index contributed by atoms with van der Waals surface area (Å²) in [4.78, 5) is 4.77. The highest BCUT2D eigenvalue weighted by Gasteiger charge is 2.29. The molecule has 4 heteroatoms. The van der Waals surface area contributed by atoms with Crippen LogP contribution in [0.2, 0.25) is 0 Å². The molecule has 4 nitrogen and oxygen atoms in total. The largest absolute Gasteiger partial charge is 0.389 e. The van der Waals surface area contributed by atoms with Crippen molar-refractivity contribution in [3.05, 3.63) is 71.8 Å². The fraction of sp³-hybridized carbons (Fsp3) is 0.364. The SMILES string of the molecule is CC(C)(O)Cn1nc(C2CC2)nc1Cc1ccc(-c2ccccc2)cc1. The van der Waals surface area contributed by atoms with Crippen molar-refractivity contribution in [2.24, 2.45) is 0 Å². The van der Waals surface area contributed by atoms with Crippen LogP contribution in [-0.2, 0) is 13.0 Å². The van der Waals surface area contributed by atoms with Crippen LogP contribution in [0.15, 0.2) is 54.6 Å². The summed E-state index contributed by atoms with van der Waals surface area (Å²) in [6.45, 7) is 4.08. The second kappa shape index (κ2) is 6.69. The smallest absolute Gasteiger partial charge is 0.154 e. The molecule has 1 N–H and O–H groups in total. The van der Waals surface area contributed by atoms with Crippen molar-refractivity contribution in [3.63, 3.8) is 0 Å². The molecule has 134 valence electrons. The van der Waals surface area contributed by atoms with Gasteiger partial charge in [-0.3, -0.25) is 0 Å². The molecule has 0 bridgehead atoms. The molecule has 0 atom stereocenters. The third-order valence-electron chi connectivity index (χ3n) is 4.67.